The lowest BCUT2D eigenvalue weighted by molar-refractivity contribution is -0.0171. The molecule has 0 spiro atoms. The smallest absolute Gasteiger partial charge is 0.134 e. The Bertz CT molecular complexity index is 555. The molecule has 104 valence electrons. The van der Waals surface area contributed by atoms with Crippen molar-refractivity contribution < 1.29 is 9.15 Å². The number of nitrogens with one attached hydrogen (secondary N) is 1. The molecule has 0 saturated carbocycles. The van der Waals surface area contributed by atoms with Crippen LogP contribution in [0.4, 0.5) is 0 Å². The highest BCUT2D eigenvalue weighted by Gasteiger charge is 2.19. The molecule has 0 aliphatic rings. The number of aryl methyl sites for hydroxylation is 1. The van der Waals surface area contributed by atoms with Crippen LogP contribution in [-0.4, -0.2) is 12.2 Å². The number of hydrogen-bond donors (Lipinski definition) is 2. The van der Waals surface area contributed by atoms with Crippen LogP contribution in [0.5, 0.6) is 0 Å². The van der Waals surface area contributed by atoms with Gasteiger partial charge in [-0.3, -0.25) is 5.84 Å². The van der Waals surface area contributed by atoms with E-state index >= 15 is 0 Å². The highest BCUT2D eigenvalue weighted by molar-refractivity contribution is 5.78. The summed E-state index contributed by atoms with van der Waals surface area (Å²) in [6, 6.07) is 7.98. The zero-order valence-corrected chi connectivity index (χ0v) is 12.0. The molecule has 1 atom stereocenters. The minimum atomic E-state index is -0.197. The van der Waals surface area contributed by atoms with Gasteiger partial charge in [-0.2, -0.15) is 0 Å². The zero-order chi connectivity index (χ0) is 14.0. The summed E-state index contributed by atoms with van der Waals surface area (Å²) in [4.78, 5) is 0. The minimum Gasteiger partial charge on any atom is -0.459 e. The lowest BCUT2D eigenvalue weighted by atomic mass is 10.1. The first-order chi connectivity index (χ1) is 8.89. The van der Waals surface area contributed by atoms with Crippen LogP contribution < -0.4 is 11.3 Å². The standard InChI is InChI=1S/C15H22N2O2/c1-10-5-6-13-11(7-10)8-14(19-13)12(17-16)9-18-15(2,3)4/h5-8,12,17H,9,16H2,1-4H3. The van der Waals surface area contributed by atoms with E-state index in [0.29, 0.717) is 6.61 Å². The molecule has 2 aromatic rings. The van der Waals surface area contributed by atoms with Crippen molar-refractivity contribution in [1.82, 2.24) is 5.43 Å². The summed E-state index contributed by atoms with van der Waals surface area (Å²) in [6.45, 7) is 8.58. The molecule has 0 aliphatic carbocycles. The summed E-state index contributed by atoms with van der Waals surface area (Å²) < 4.78 is 11.6. The maximum Gasteiger partial charge on any atom is 0.134 e. The van der Waals surface area contributed by atoms with E-state index in [0.717, 1.165) is 16.7 Å². The van der Waals surface area contributed by atoms with Gasteiger partial charge in [0.2, 0.25) is 0 Å². The third-order valence-electron chi connectivity index (χ3n) is 2.92. The Labute approximate surface area is 113 Å². The van der Waals surface area contributed by atoms with E-state index in [1.807, 2.05) is 39.0 Å². The largest absolute Gasteiger partial charge is 0.459 e. The summed E-state index contributed by atoms with van der Waals surface area (Å²) in [5.74, 6) is 6.39. The van der Waals surface area contributed by atoms with E-state index in [2.05, 4.69) is 18.4 Å². The van der Waals surface area contributed by atoms with Gasteiger partial charge in [-0.25, -0.2) is 5.43 Å². The molecule has 0 amide bonds. The highest BCUT2D eigenvalue weighted by atomic mass is 16.5. The van der Waals surface area contributed by atoms with E-state index in [-0.39, 0.29) is 11.6 Å². The lowest BCUT2D eigenvalue weighted by Crippen LogP contribution is -2.34. The maximum absolute atomic E-state index is 5.82. The fourth-order valence-corrected chi connectivity index (χ4v) is 1.90. The van der Waals surface area contributed by atoms with Crippen LogP contribution in [0.1, 0.15) is 38.1 Å². The topological polar surface area (TPSA) is 60.4 Å². The number of fused-ring (bicyclic) bond motifs is 1. The van der Waals surface area contributed by atoms with Crippen LogP contribution in [0.3, 0.4) is 0 Å². The highest BCUT2D eigenvalue weighted by Crippen LogP contribution is 2.25. The summed E-state index contributed by atoms with van der Waals surface area (Å²) in [5.41, 5.74) is 4.63. The first-order valence-electron chi connectivity index (χ1n) is 6.49. The Kier molecular flexibility index (Phi) is 3.94. The van der Waals surface area contributed by atoms with Crippen molar-refractivity contribution in [3.63, 3.8) is 0 Å². The maximum atomic E-state index is 5.82. The molecule has 1 unspecified atom stereocenters. The minimum absolute atomic E-state index is 0.146. The van der Waals surface area contributed by atoms with Gasteiger partial charge in [0.1, 0.15) is 17.4 Å². The molecule has 1 aromatic heterocycles. The summed E-state index contributed by atoms with van der Waals surface area (Å²) in [6.07, 6.45) is 0. The SMILES string of the molecule is Cc1ccc2oc(C(COC(C)(C)C)NN)cc2c1. The fourth-order valence-electron chi connectivity index (χ4n) is 1.90. The third kappa shape index (κ3) is 3.56. The molecule has 4 heteroatoms. The van der Waals surface area contributed by atoms with Gasteiger partial charge < -0.3 is 9.15 Å². The van der Waals surface area contributed by atoms with Gasteiger partial charge >= 0.3 is 0 Å². The number of nitrogens with two attached hydrogens (primary N) is 1. The molecule has 0 aliphatic heterocycles. The molecular weight excluding hydrogens is 240 g/mol. The van der Waals surface area contributed by atoms with Gasteiger partial charge in [0.05, 0.1) is 12.2 Å². The molecule has 1 aromatic carbocycles. The average molecular weight is 262 g/mol. The Morgan fingerprint density at radius 3 is 2.68 bits per heavy atom. The van der Waals surface area contributed by atoms with E-state index in [1.54, 1.807) is 0 Å². The van der Waals surface area contributed by atoms with E-state index in [4.69, 9.17) is 15.0 Å². The van der Waals surface area contributed by atoms with Crippen molar-refractivity contribution >= 4 is 11.0 Å². The monoisotopic (exact) mass is 262 g/mol. The predicted octanol–water partition coefficient (Wildman–Crippen LogP) is 3.06. The Morgan fingerprint density at radius 1 is 1.32 bits per heavy atom. The summed E-state index contributed by atoms with van der Waals surface area (Å²) in [5, 5.41) is 1.09. The normalized spacial score (nSPS) is 13.9. The van der Waals surface area contributed by atoms with Gasteiger partial charge in [-0.1, -0.05) is 11.6 Å². The first kappa shape index (κ1) is 14.1. The zero-order valence-electron chi connectivity index (χ0n) is 12.0. The lowest BCUT2D eigenvalue weighted by Gasteiger charge is -2.23. The van der Waals surface area contributed by atoms with Gasteiger partial charge in [0.25, 0.3) is 0 Å². The average Bonchev–Trinajstić information content (AvgIpc) is 2.71. The second-order valence-corrected chi connectivity index (χ2v) is 5.83. The molecule has 0 radical (unpaired) electrons. The number of ether oxygens (including phenoxy) is 1. The Hall–Kier alpha value is -1.36. The van der Waals surface area contributed by atoms with E-state index < -0.39 is 0 Å². The molecule has 0 bridgehead atoms. The van der Waals surface area contributed by atoms with Crippen molar-refractivity contribution in [3.05, 3.63) is 35.6 Å². The molecular formula is C15H22N2O2. The molecule has 0 fully saturated rings. The van der Waals surface area contributed by atoms with Crippen molar-refractivity contribution in [2.75, 3.05) is 6.61 Å². The number of benzene rings is 1. The number of hydrazine groups is 1. The summed E-state index contributed by atoms with van der Waals surface area (Å²) in [7, 11) is 0. The fraction of sp³-hybridized carbons (Fsp3) is 0.467. The predicted molar refractivity (Wildman–Crippen MR) is 76.7 cm³/mol. The van der Waals surface area contributed by atoms with Crippen LogP contribution in [0, 0.1) is 6.92 Å². The first-order valence-corrected chi connectivity index (χ1v) is 6.49. The quantitative estimate of drug-likeness (QED) is 0.656. The molecule has 19 heavy (non-hydrogen) atoms. The van der Waals surface area contributed by atoms with Crippen LogP contribution >= 0.6 is 0 Å². The van der Waals surface area contributed by atoms with Crippen molar-refractivity contribution in [1.29, 1.82) is 0 Å². The van der Waals surface area contributed by atoms with Gasteiger partial charge in [0.15, 0.2) is 0 Å². The van der Waals surface area contributed by atoms with Gasteiger partial charge in [-0.15, -0.1) is 0 Å². The van der Waals surface area contributed by atoms with Crippen LogP contribution in [0.25, 0.3) is 11.0 Å². The van der Waals surface area contributed by atoms with E-state index in [9.17, 15) is 0 Å². The van der Waals surface area contributed by atoms with Crippen LogP contribution in [0.15, 0.2) is 28.7 Å². The van der Waals surface area contributed by atoms with E-state index in [1.165, 1.54) is 5.56 Å². The third-order valence-corrected chi connectivity index (χ3v) is 2.92. The number of rotatable bonds is 4. The van der Waals surface area contributed by atoms with Crippen molar-refractivity contribution in [2.24, 2.45) is 5.84 Å². The van der Waals surface area contributed by atoms with Crippen molar-refractivity contribution in [3.8, 4) is 0 Å². The second kappa shape index (κ2) is 5.33. The molecule has 4 nitrogen and oxygen atoms in total. The summed E-state index contributed by atoms with van der Waals surface area (Å²) >= 11 is 0. The van der Waals surface area contributed by atoms with Crippen LogP contribution in [0.2, 0.25) is 0 Å². The molecule has 0 saturated heterocycles. The van der Waals surface area contributed by atoms with Crippen LogP contribution in [-0.2, 0) is 4.74 Å². The Morgan fingerprint density at radius 2 is 2.05 bits per heavy atom. The second-order valence-electron chi connectivity index (χ2n) is 5.83. The molecule has 1 heterocycles. The number of furan rings is 1. The molecule has 2 rings (SSSR count). The number of hydrogen-bond acceptors (Lipinski definition) is 4. The van der Waals surface area contributed by atoms with Gasteiger partial charge in [0, 0.05) is 5.39 Å². The van der Waals surface area contributed by atoms with Crippen molar-refractivity contribution in [2.45, 2.75) is 39.3 Å². The Balaban J connectivity index is 2.20. The van der Waals surface area contributed by atoms with Gasteiger partial charge in [-0.05, 0) is 45.9 Å². The molecule has 3 N–H and O–H groups in total.